The predicted octanol–water partition coefficient (Wildman–Crippen LogP) is 3.92. The highest BCUT2D eigenvalue weighted by molar-refractivity contribution is 14.1. The minimum absolute atomic E-state index is 0.321. The number of benzene rings is 2. The van der Waals surface area contributed by atoms with Gasteiger partial charge in [0, 0.05) is 9.13 Å². The van der Waals surface area contributed by atoms with Crippen molar-refractivity contribution in [2.24, 2.45) is 0 Å². The number of hydrogen-bond donors (Lipinski definition) is 2. The standard InChI is InChI=1S/C13H9ClFIN2O/c14-9-5-7(1-3-11(9)17)13(19)18-12-4-2-8(15)6-10(12)16/h1-6H,17H2,(H,18,19). The van der Waals surface area contributed by atoms with Gasteiger partial charge in [-0.2, -0.15) is 0 Å². The smallest absolute Gasteiger partial charge is 0.255 e. The van der Waals surface area contributed by atoms with Crippen LogP contribution in [-0.4, -0.2) is 5.91 Å². The average Bonchev–Trinajstić information content (AvgIpc) is 2.36. The van der Waals surface area contributed by atoms with Gasteiger partial charge < -0.3 is 11.1 Å². The normalized spacial score (nSPS) is 10.3. The summed E-state index contributed by atoms with van der Waals surface area (Å²) in [6.07, 6.45) is 0. The van der Waals surface area contributed by atoms with E-state index >= 15 is 0 Å². The molecule has 0 saturated carbocycles. The molecule has 2 rings (SSSR count). The van der Waals surface area contributed by atoms with Crippen LogP contribution in [0.4, 0.5) is 15.8 Å². The zero-order valence-electron chi connectivity index (χ0n) is 9.58. The Bertz CT molecular complexity index is 649. The van der Waals surface area contributed by atoms with E-state index in [2.05, 4.69) is 5.32 Å². The zero-order chi connectivity index (χ0) is 14.0. The Morgan fingerprint density at radius 3 is 2.63 bits per heavy atom. The number of carbonyl (C=O) groups excluding carboxylic acids is 1. The third-order valence-corrected chi connectivity index (χ3v) is 3.66. The predicted molar refractivity (Wildman–Crippen MR) is 82.9 cm³/mol. The summed E-state index contributed by atoms with van der Waals surface area (Å²) in [7, 11) is 0. The fraction of sp³-hybridized carbons (Fsp3) is 0. The average molecular weight is 391 g/mol. The lowest BCUT2D eigenvalue weighted by Crippen LogP contribution is -2.13. The highest BCUT2D eigenvalue weighted by Crippen LogP contribution is 2.22. The van der Waals surface area contributed by atoms with Gasteiger partial charge >= 0.3 is 0 Å². The number of carbonyl (C=O) groups is 1. The van der Waals surface area contributed by atoms with Crippen LogP contribution in [0.2, 0.25) is 5.02 Å². The third kappa shape index (κ3) is 3.36. The van der Waals surface area contributed by atoms with E-state index < -0.39 is 0 Å². The molecule has 3 N–H and O–H groups in total. The minimum Gasteiger partial charge on any atom is -0.398 e. The molecule has 0 fully saturated rings. The second kappa shape index (κ2) is 5.75. The number of rotatable bonds is 2. The molecule has 0 saturated heterocycles. The number of nitrogens with one attached hydrogen (secondary N) is 1. The van der Waals surface area contributed by atoms with Gasteiger partial charge in [0.1, 0.15) is 5.82 Å². The first-order chi connectivity index (χ1) is 8.97. The summed E-state index contributed by atoms with van der Waals surface area (Å²) in [6.45, 7) is 0. The van der Waals surface area contributed by atoms with Crippen molar-refractivity contribution < 1.29 is 9.18 Å². The largest absolute Gasteiger partial charge is 0.398 e. The van der Waals surface area contributed by atoms with Crippen molar-refractivity contribution in [3.63, 3.8) is 0 Å². The molecule has 0 atom stereocenters. The van der Waals surface area contributed by atoms with Gasteiger partial charge in [-0.05, 0) is 59.0 Å². The summed E-state index contributed by atoms with van der Waals surface area (Å²) in [5, 5.41) is 3.01. The van der Waals surface area contributed by atoms with Crippen molar-refractivity contribution in [3.8, 4) is 0 Å². The van der Waals surface area contributed by atoms with Crippen LogP contribution in [0.15, 0.2) is 36.4 Å². The molecule has 6 heteroatoms. The van der Waals surface area contributed by atoms with Crippen molar-refractivity contribution in [2.75, 3.05) is 11.1 Å². The van der Waals surface area contributed by atoms with E-state index in [-0.39, 0.29) is 11.7 Å². The van der Waals surface area contributed by atoms with Gasteiger partial charge in [-0.3, -0.25) is 4.79 Å². The molecular formula is C13H9ClFIN2O. The van der Waals surface area contributed by atoms with Gasteiger partial charge in [0.15, 0.2) is 0 Å². The van der Waals surface area contributed by atoms with Gasteiger partial charge in [0.2, 0.25) is 0 Å². The molecule has 1 amide bonds. The van der Waals surface area contributed by atoms with E-state index in [9.17, 15) is 9.18 Å². The molecule has 0 aliphatic rings. The topological polar surface area (TPSA) is 55.1 Å². The second-order valence-corrected chi connectivity index (χ2v) is 5.38. The highest BCUT2D eigenvalue weighted by Gasteiger charge is 2.10. The van der Waals surface area contributed by atoms with E-state index in [0.717, 1.165) is 0 Å². The monoisotopic (exact) mass is 390 g/mol. The summed E-state index contributed by atoms with van der Waals surface area (Å²) in [5.74, 6) is -0.677. The number of halogens is 3. The quantitative estimate of drug-likeness (QED) is 0.603. The molecule has 2 aromatic rings. The SMILES string of the molecule is Nc1ccc(C(=O)Nc2ccc(F)cc2I)cc1Cl. The van der Waals surface area contributed by atoms with Crippen molar-refractivity contribution >= 4 is 51.5 Å². The van der Waals surface area contributed by atoms with Crippen LogP contribution >= 0.6 is 34.2 Å². The van der Waals surface area contributed by atoms with E-state index in [1.54, 1.807) is 12.1 Å². The van der Waals surface area contributed by atoms with E-state index in [1.165, 1.54) is 24.3 Å². The van der Waals surface area contributed by atoms with Crippen molar-refractivity contribution in [1.82, 2.24) is 0 Å². The summed E-state index contributed by atoms with van der Waals surface area (Å²) in [5.41, 5.74) is 6.92. The van der Waals surface area contributed by atoms with Crippen LogP contribution in [0.3, 0.4) is 0 Å². The maximum absolute atomic E-state index is 13.0. The second-order valence-electron chi connectivity index (χ2n) is 3.81. The summed E-state index contributed by atoms with van der Waals surface area (Å²) in [6, 6.07) is 8.76. The molecule has 0 spiro atoms. The Balaban J connectivity index is 2.23. The number of nitrogens with two attached hydrogens (primary N) is 1. The molecule has 0 unspecified atom stereocenters. The molecule has 3 nitrogen and oxygen atoms in total. The van der Waals surface area contributed by atoms with Crippen LogP contribution in [-0.2, 0) is 0 Å². The molecule has 0 aromatic heterocycles. The van der Waals surface area contributed by atoms with Crippen LogP contribution < -0.4 is 11.1 Å². The maximum Gasteiger partial charge on any atom is 0.255 e. The highest BCUT2D eigenvalue weighted by atomic mass is 127. The van der Waals surface area contributed by atoms with Crippen molar-refractivity contribution in [2.45, 2.75) is 0 Å². The Morgan fingerprint density at radius 1 is 1.26 bits per heavy atom. The molecule has 0 radical (unpaired) electrons. The first-order valence-electron chi connectivity index (χ1n) is 5.29. The van der Waals surface area contributed by atoms with Crippen LogP contribution in [0.1, 0.15) is 10.4 Å². The lowest BCUT2D eigenvalue weighted by Gasteiger charge is -2.08. The maximum atomic E-state index is 13.0. The molecule has 0 heterocycles. The van der Waals surface area contributed by atoms with Crippen LogP contribution in [0.25, 0.3) is 0 Å². The number of amides is 1. The summed E-state index contributed by atoms with van der Waals surface area (Å²) < 4.78 is 13.6. The van der Waals surface area contributed by atoms with Gasteiger partial charge in [-0.1, -0.05) is 11.6 Å². The molecule has 0 aliphatic heterocycles. The van der Waals surface area contributed by atoms with E-state index in [1.807, 2.05) is 22.6 Å². The lowest BCUT2D eigenvalue weighted by atomic mass is 10.2. The molecule has 0 aliphatic carbocycles. The molecule has 19 heavy (non-hydrogen) atoms. The van der Waals surface area contributed by atoms with Crippen LogP contribution in [0, 0.1) is 9.39 Å². The fourth-order valence-electron chi connectivity index (χ4n) is 1.45. The first kappa shape index (κ1) is 14.1. The van der Waals surface area contributed by atoms with Gasteiger partial charge in [-0.25, -0.2) is 4.39 Å². The Morgan fingerprint density at radius 2 is 2.00 bits per heavy atom. The minimum atomic E-state index is -0.349. The van der Waals surface area contributed by atoms with Crippen LogP contribution in [0.5, 0.6) is 0 Å². The number of hydrogen-bond acceptors (Lipinski definition) is 2. The zero-order valence-corrected chi connectivity index (χ0v) is 12.5. The van der Waals surface area contributed by atoms with E-state index in [4.69, 9.17) is 17.3 Å². The summed E-state index contributed by atoms with van der Waals surface area (Å²) in [4.78, 5) is 12.0. The van der Waals surface area contributed by atoms with Crippen molar-refractivity contribution in [3.05, 3.63) is 56.4 Å². The van der Waals surface area contributed by atoms with Gasteiger partial charge in [-0.15, -0.1) is 0 Å². The Hall–Kier alpha value is -1.34. The third-order valence-electron chi connectivity index (χ3n) is 2.44. The van der Waals surface area contributed by atoms with Gasteiger partial charge in [0.25, 0.3) is 5.91 Å². The van der Waals surface area contributed by atoms with Gasteiger partial charge in [0.05, 0.1) is 16.4 Å². The summed E-state index contributed by atoms with van der Waals surface area (Å²) >= 11 is 7.81. The Kier molecular flexibility index (Phi) is 4.26. The Labute approximate surface area is 128 Å². The molecule has 98 valence electrons. The number of nitrogen functional groups attached to an aromatic ring is 1. The molecule has 0 bridgehead atoms. The number of anilines is 2. The van der Waals surface area contributed by atoms with E-state index in [0.29, 0.717) is 25.5 Å². The molecular weight excluding hydrogens is 382 g/mol. The lowest BCUT2D eigenvalue weighted by molar-refractivity contribution is 0.102. The fourth-order valence-corrected chi connectivity index (χ4v) is 2.25. The molecule has 2 aromatic carbocycles. The first-order valence-corrected chi connectivity index (χ1v) is 6.74. The van der Waals surface area contributed by atoms with Crippen molar-refractivity contribution in [1.29, 1.82) is 0 Å².